The number of nitrogens with one attached hydrogen (secondary N) is 1. The third-order valence-corrected chi connectivity index (χ3v) is 6.06. The molecular formula is C21H17FN6O2S. The Bertz CT molecular complexity index is 1410. The summed E-state index contributed by atoms with van der Waals surface area (Å²) in [6, 6.07) is 6.97. The molecule has 156 valence electrons. The van der Waals surface area contributed by atoms with Crippen molar-refractivity contribution in [1.29, 1.82) is 5.26 Å². The third-order valence-electron chi connectivity index (χ3n) is 5.04. The van der Waals surface area contributed by atoms with Crippen molar-refractivity contribution in [3.8, 4) is 17.2 Å². The van der Waals surface area contributed by atoms with Crippen molar-refractivity contribution < 1.29 is 9.18 Å². The average Bonchev–Trinajstić information content (AvgIpc) is 3.28. The van der Waals surface area contributed by atoms with Crippen molar-refractivity contribution in [2.45, 2.75) is 19.9 Å². The molecular weight excluding hydrogens is 419 g/mol. The summed E-state index contributed by atoms with van der Waals surface area (Å²) in [6.45, 7) is 3.44. The SMILES string of the molecule is Cc1sc2ncn(C(C)C(=O)Nc3c(C#N)cnn3C)c(=O)c2c1-c1ccc(F)cc1. The lowest BCUT2D eigenvalue weighted by atomic mass is 10.0. The van der Waals surface area contributed by atoms with E-state index in [9.17, 15) is 19.2 Å². The predicted molar refractivity (Wildman–Crippen MR) is 115 cm³/mol. The molecule has 0 spiro atoms. The van der Waals surface area contributed by atoms with Crippen LogP contribution in [0.1, 0.15) is 23.4 Å². The first-order valence-electron chi connectivity index (χ1n) is 9.31. The van der Waals surface area contributed by atoms with Gasteiger partial charge in [-0.05, 0) is 31.5 Å². The number of hydrogen-bond acceptors (Lipinski definition) is 6. The number of anilines is 1. The standard InChI is InChI=1S/C21H17FN6O2S/c1-11(19(29)26-18-14(8-23)9-25-27(18)3)28-10-24-20-17(21(28)30)16(12(2)31-20)13-4-6-15(22)7-5-13/h4-7,9-11H,1-3H3,(H,26,29). The topological polar surface area (TPSA) is 106 Å². The second kappa shape index (κ2) is 7.77. The van der Waals surface area contributed by atoms with E-state index in [0.717, 1.165) is 4.88 Å². The van der Waals surface area contributed by atoms with Crippen LogP contribution in [0.2, 0.25) is 0 Å². The van der Waals surface area contributed by atoms with Crippen molar-refractivity contribution in [2.75, 3.05) is 5.32 Å². The Labute approximate surface area is 180 Å². The average molecular weight is 436 g/mol. The number of amides is 1. The molecule has 8 nitrogen and oxygen atoms in total. The largest absolute Gasteiger partial charge is 0.308 e. The van der Waals surface area contributed by atoms with Crippen LogP contribution in [0.3, 0.4) is 0 Å². The van der Waals surface area contributed by atoms with Gasteiger partial charge in [0.1, 0.15) is 34.1 Å². The molecule has 0 aliphatic heterocycles. The fourth-order valence-electron chi connectivity index (χ4n) is 3.37. The Hall–Kier alpha value is -3.84. The molecule has 0 radical (unpaired) electrons. The number of carbonyl (C=O) groups excluding carboxylic acids is 1. The van der Waals surface area contributed by atoms with Crippen LogP contribution >= 0.6 is 11.3 Å². The fourth-order valence-corrected chi connectivity index (χ4v) is 4.37. The van der Waals surface area contributed by atoms with Gasteiger partial charge in [0.15, 0.2) is 0 Å². The molecule has 0 bridgehead atoms. The monoisotopic (exact) mass is 436 g/mol. The van der Waals surface area contributed by atoms with E-state index in [2.05, 4.69) is 15.4 Å². The van der Waals surface area contributed by atoms with Crippen LogP contribution < -0.4 is 10.9 Å². The van der Waals surface area contributed by atoms with Crippen molar-refractivity contribution in [2.24, 2.45) is 7.05 Å². The van der Waals surface area contributed by atoms with Gasteiger partial charge in [0.25, 0.3) is 5.56 Å². The van der Waals surface area contributed by atoms with Gasteiger partial charge in [0.2, 0.25) is 5.91 Å². The second-order valence-corrected chi connectivity index (χ2v) is 8.19. The number of nitrogens with zero attached hydrogens (tertiary/aromatic N) is 5. The Morgan fingerprint density at radius 3 is 2.71 bits per heavy atom. The minimum Gasteiger partial charge on any atom is -0.308 e. The van der Waals surface area contributed by atoms with Gasteiger partial charge in [0.05, 0.1) is 17.9 Å². The molecule has 4 rings (SSSR count). The number of aryl methyl sites for hydroxylation is 2. The Kier molecular flexibility index (Phi) is 5.12. The van der Waals surface area contributed by atoms with E-state index in [0.29, 0.717) is 21.3 Å². The maximum Gasteiger partial charge on any atom is 0.263 e. The molecule has 1 aromatic carbocycles. The maximum absolute atomic E-state index is 13.4. The zero-order chi connectivity index (χ0) is 22.3. The quantitative estimate of drug-likeness (QED) is 0.528. The zero-order valence-corrected chi connectivity index (χ0v) is 17.7. The molecule has 31 heavy (non-hydrogen) atoms. The highest BCUT2D eigenvalue weighted by Gasteiger charge is 2.23. The first-order valence-corrected chi connectivity index (χ1v) is 10.1. The molecule has 0 aliphatic carbocycles. The predicted octanol–water partition coefficient (Wildman–Crippen LogP) is 3.38. The van der Waals surface area contributed by atoms with Crippen LogP contribution in [0.4, 0.5) is 10.2 Å². The summed E-state index contributed by atoms with van der Waals surface area (Å²) >= 11 is 1.37. The van der Waals surface area contributed by atoms with E-state index < -0.39 is 11.9 Å². The number of thiophene rings is 1. The van der Waals surface area contributed by atoms with Gasteiger partial charge in [-0.1, -0.05) is 12.1 Å². The lowest BCUT2D eigenvalue weighted by Crippen LogP contribution is -2.32. The van der Waals surface area contributed by atoms with Gasteiger partial charge in [0, 0.05) is 17.5 Å². The van der Waals surface area contributed by atoms with Crippen molar-refractivity contribution in [3.63, 3.8) is 0 Å². The van der Waals surface area contributed by atoms with E-state index in [-0.39, 0.29) is 22.8 Å². The lowest BCUT2D eigenvalue weighted by Gasteiger charge is -2.15. The van der Waals surface area contributed by atoms with Crippen LogP contribution in [-0.2, 0) is 11.8 Å². The number of aromatic nitrogens is 4. The summed E-state index contributed by atoms with van der Waals surface area (Å²) in [6.07, 6.45) is 2.69. The molecule has 0 saturated heterocycles. The van der Waals surface area contributed by atoms with Crippen molar-refractivity contribution >= 4 is 33.3 Å². The molecule has 10 heteroatoms. The molecule has 3 aromatic heterocycles. The van der Waals surface area contributed by atoms with E-state index in [4.69, 9.17) is 0 Å². The number of nitriles is 1. The zero-order valence-electron chi connectivity index (χ0n) is 16.9. The summed E-state index contributed by atoms with van der Waals surface area (Å²) in [4.78, 5) is 32.0. The van der Waals surface area contributed by atoms with Gasteiger partial charge in [-0.2, -0.15) is 10.4 Å². The summed E-state index contributed by atoms with van der Waals surface area (Å²) < 4.78 is 16.0. The first kappa shape index (κ1) is 20.4. The molecule has 1 amide bonds. The molecule has 1 unspecified atom stereocenters. The smallest absolute Gasteiger partial charge is 0.263 e. The van der Waals surface area contributed by atoms with Gasteiger partial charge in [-0.15, -0.1) is 11.3 Å². The first-order chi connectivity index (χ1) is 14.8. The second-order valence-electron chi connectivity index (χ2n) is 6.98. The van der Waals surface area contributed by atoms with Crippen LogP contribution in [0.15, 0.2) is 41.6 Å². The molecule has 4 aromatic rings. The Balaban J connectivity index is 1.77. The molecule has 3 heterocycles. The van der Waals surface area contributed by atoms with Gasteiger partial charge < -0.3 is 5.32 Å². The number of benzene rings is 1. The van der Waals surface area contributed by atoms with Crippen LogP contribution in [-0.4, -0.2) is 25.2 Å². The maximum atomic E-state index is 13.4. The van der Waals surface area contributed by atoms with Crippen molar-refractivity contribution in [1.82, 2.24) is 19.3 Å². The summed E-state index contributed by atoms with van der Waals surface area (Å²) in [7, 11) is 1.60. The number of carbonyl (C=O) groups is 1. The Morgan fingerprint density at radius 1 is 1.32 bits per heavy atom. The summed E-state index contributed by atoms with van der Waals surface area (Å²) in [5.41, 5.74) is 1.23. The van der Waals surface area contributed by atoms with E-state index in [1.807, 2.05) is 13.0 Å². The molecule has 1 N–H and O–H groups in total. The fraction of sp³-hybridized carbons (Fsp3) is 0.190. The molecule has 1 atom stereocenters. The van der Waals surface area contributed by atoms with Crippen LogP contribution in [0.5, 0.6) is 0 Å². The normalized spacial score (nSPS) is 12.0. The summed E-state index contributed by atoms with van der Waals surface area (Å²) in [5, 5.41) is 16.2. The number of halogens is 1. The lowest BCUT2D eigenvalue weighted by molar-refractivity contribution is -0.118. The van der Waals surface area contributed by atoms with E-state index in [1.165, 1.54) is 45.2 Å². The van der Waals surface area contributed by atoms with E-state index in [1.54, 1.807) is 26.1 Å². The highest BCUT2D eigenvalue weighted by molar-refractivity contribution is 7.19. The van der Waals surface area contributed by atoms with E-state index >= 15 is 0 Å². The highest BCUT2D eigenvalue weighted by atomic mass is 32.1. The molecule has 0 aliphatic rings. The molecule has 0 fully saturated rings. The van der Waals surface area contributed by atoms with Crippen molar-refractivity contribution in [3.05, 3.63) is 63.4 Å². The van der Waals surface area contributed by atoms with Gasteiger partial charge in [-0.3, -0.25) is 18.8 Å². The third kappa shape index (κ3) is 3.49. The number of hydrogen-bond donors (Lipinski definition) is 1. The van der Waals surface area contributed by atoms with Gasteiger partial charge >= 0.3 is 0 Å². The van der Waals surface area contributed by atoms with Crippen LogP contribution in [0, 0.1) is 24.1 Å². The van der Waals surface area contributed by atoms with Crippen LogP contribution in [0.25, 0.3) is 21.3 Å². The number of rotatable bonds is 4. The Morgan fingerprint density at radius 2 is 2.03 bits per heavy atom. The highest BCUT2D eigenvalue weighted by Crippen LogP contribution is 2.35. The minimum atomic E-state index is -0.896. The minimum absolute atomic E-state index is 0.219. The van der Waals surface area contributed by atoms with Gasteiger partial charge in [-0.25, -0.2) is 9.37 Å². The summed E-state index contributed by atoms with van der Waals surface area (Å²) in [5.74, 6) is -0.605. The number of fused-ring (bicyclic) bond motifs is 1. The molecule has 0 saturated carbocycles.